The molecule has 0 amide bonds. The fourth-order valence-corrected chi connectivity index (χ4v) is 13.5. The Balaban J connectivity index is 0.889. The van der Waals surface area contributed by atoms with Gasteiger partial charge in [-0.25, -0.2) is 33.1 Å². The van der Waals surface area contributed by atoms with E-state index in [1.54, 1.807) is 13.8 Å². The zero-order valence-corrected chi connectivity index (χ0v) is 45.8. The molecule has 3 aliphatic rings. The Hall–Kier alpha value is -5.15. The van der Waals surface area contributed by atoms with Gasteiger partial charge in [0.15, 0.2) is 41.4 Å². The van der Waals surface area contributed by atoms with Gasteiger partial charge in [-0.3, -0.25) is 51.5 Å². The number of phosphoric ester groups is 3. The van der Waals surface area contributed by atoms with Crippen LogP contribution < -0.4 is 52.0 Å². The van der Waals surface area contributed by atoms with Crippen molar-refractivity contribution < 1.29 is 108 Å². The monoisotopic (exact) mass is 1210 g/mol. The molecular weight excluding hydrogens is 1160 g/mol. The third-order valence-electron chi connectivity index (χ3n) is 12.5. The van der Waals surface area contributed by atoms with Crippen molar-refractivity contribution in [2.24, 2.45) is 7.05 Å². The van der Waals surface area contributed by atoms with Crippen molar-refractivity contribution in [3.8, 4) is 0 Å². The molecule has 0 aliphatic carbocycles. The number of aromatic amines is 2. The van der Waals surface area contributed by atoms with Crippen molar-refractivity contribution in [2.75, 3.05) is 50.8 Å². The lowest BCUT2D eigenvalue weighted by Crippen LogP contribution is -2.53. The molecule has 3 fully saturated rings. The summed E-state index contributed by atoms with van der Waals surface area (Å²) in [5, 5.41) is 36.4. The number of aryl methyl sites for hydroxylation is 1. The average molecular weight is 1210 g/mol. The highest BCUT2D eigenvalue weighted by Gasteiger charge is 2.56. The Morgan fingerprint density at radius 3 is 2.00 bits per heavy atom. The number of nitrogens with zero attached hydrogens (tertiary/aromatic N) is 10. The SMILES string of the molecule is CNc1ncnc2c1ncn2[C@@H]1O[C@H](COP(=O)([O-])OP(=O)([O-])OP(=O)([O-])OC[C@H]2O[C@@H]([n+]3cn(C)c4c(=O)[nH]c(N)nc43)C(C)(O)[C@H]2O)[C@H](OP(=O)([O-])OC[C@H]2O[C@@H](n3cnc4c(=O)[nH]c(N)nc43)C(O)[C@H]2OC(C)C)C1OC. The van der Waals surface area contributed by atoms with E-state index >= 15 is 0 Å². The molecule has 0 spiro atoms. The average Bonchev–Trinajstić information content (AvgIpc) is 4.32. The van der Waals surface area contributed by atoms with Gasteiger partial charge in [-0.15, -0.1) is 0 Å². The van der Waals surface area contributed by atoms with Crippen LogP contribution in [0.3, 0.4) is 0 Å². The van der Waals surface area contributed by atoms with Crippen LogP contribution in [0.1, 0.15) is 39.5 Å². The quantitative estimate of drug-likeness (QED) is 0.0233. The molecule has 0 saturated carbocycles. The van der Waals surface area contributed by atoms with E-state index in [2.05, 4.69) is 58.3 Å². The van der Waals surface area contributed by atoms with Crippen LogP contribution in [0.5, 0.6) is 0 Å². The fourth-order valence-electron chi connectivity index (χ4n) is 9.16. The van der Waals surface area contributed by atoms with Gasteiger partial charge < -0.3 is 93.5 Å². The van der Waals surface area contributed by atoms with Gasteiger partial charge in [0.25, 0.3) is 48.4 Å². The summed E-state index contributed by atoms with van der Waals surface area (Å²) in [7, 11) is -20.8. The van der Waals surface area contributed by atoms with Crippen molar-refractivity contribution in [2.45, 2.75) is 100.0 Å². The first-order chi connectivity index (χ1) is 37.4. The summed E-state index contributed by atoms with van der Waals surface area (Å²) in [5.41, 5.74) is 7.52. The number of nitrogens with one attached hydrogen (secondary N) is 3. The second-order valence-electron chi connectivity index (χ2n) is 18.4. The Morgan fingerprint density at radius 2 is 1.36 bits per heavy atom. The third-order valence-corrected chi connectivity index (χ3v) is 17.6. The Bertz CT molecular complexity index is 3620. The minimum absolute atomic E-state index is 0.0485. The van der Waals surface area contributed by atoms with Crippen LogP contribution in [0.4, 0.5) is 17.7 Å². The molecule has 0 bridgehead atoms. The van der Waals surface area contributed by atoms with Crippen LogP contribution in [0.25, 0.3) is 33.5 Å². The lowest BCUT2D eigenvalue weighted by atomic mass is 9.96. The minimum Gasteiger partial charge on any atom is -0.756 e. The molecule has 39 nitrogen and oxygen atoms in total. The van der Waals surface area contributed by atoms with Gasteiger partial charge in [-0.05, 0) is 20.8 Å². The van der Waals surface area contributed by atoms with Crippen molar-refractivity contribution in [3.63, 3.8) is 0 Å². The van der Waals surface area contributed by atoms with E-state index < -0.39 is 141 Å². The molecule has 9 rings (SSSR count). The summed E-state index contributed by atoms with van der Waals surface area (Å²) in [5.74, 6) is -0.393. The summed E-state index contributed by atoms with van der Waals surface area (Å²) < 4.78 is 115. The molecule has 0 radical (unpaired) electrons. The Kier molecular flexibility index (Phi) is 16.5. The number of methoxy groups -OCH3 is 1. The number of hydrogen-bond acceptors (Lipinski definition) is 33. The zero-order chi connectivity index (χ0) is 58.2. The number of fused-ring (bicyclic) bond motifs is 3. The molecule has 3 saturated heterocycles. The van der Waals surface area contributed by atoms with Crippen LogP contribution in [-0.4, -0.2) is 163 Å². The summed E-state index contributed by atoms with van der Waals surface area (Å²) in [6, 6.07) is 0. The number of anilines is 3. The van der Waals surface area contributed by atoms with Crippen LogP contribution in [-0.2, 0) is 75.7 Å². The van der Waals surface area contributed by atoms with Gasteiger partial charge in [0.05, 0.1) is 45.6 Å². The van der Waals surface area contributed by atoms with E-state index in [0.717, 1.165) is 31.3 Å². The first kappa shape index (κ1) is 59.5. The summed E-state index contributed by atoms with van der Waals surface area (Å²) in [4.78, 5) is 107. The van der Waals surface area contributed by atoms with Gasteiger partial charge in [0.1, 0.15) is 66.3 Å². The highest BCUT2D eigenvalue weighted by atomic mass is 31.3. The topological polar surface area (TPSA) is 549 Å². The number of aliphatic hydroxyl groups excluding tert-OH is 2. The highest BCUT2D eigenvalue weighted by molar-refractivity contribution is 7.65. The molecule has 3 aliphatic heterocycles. The number of rotatable bonds is 22. The second kappa shape index (κ2) is 22.2. The molecule has 80 heavy (non-hydrogen) atoms. The number of aromatic nitrogens is 12. The van der Waals surface area contributed by atoms with E-state index in [0.29, 0.717) is 0 Å². The summed E-state index contributed by atoms with van der Waals surface area (Å²) in [6.45, 7) is 0.727. The number of nitrogens with two attached hydrogens (primary N) is 2. The molecule has 7 unspecified atom stereocenters. The molecule has 43 heteroatoms. The standard InChI is InChI=1S/C37H53N15O24P4/c1-14(2)70-22-15(71-32(21(22)53)51-12-44-19-28(51)45-35(38)47-30(19)55)7-67-77(58,59)74-23-16(72-33(24(23)66-6)50-11-43-18-26(40-4)41-10-42-27(18)50)8-68-78(60,61)75-80(64,65)76-79(62,63)69-9-17-25(54)37(3,57)34(73-17)52-13-49(5)20-29(52)46-36(39)48-31(20)56/h10-17,21-25,32-34,53-54,57H,7-9H2,1-6H3,(H10-,38,39,40,41,42,45,46,47,48,55,56,58,59,60,61,62,63,64,65)/p-3/t15-,16-,17-,21?,22+,23+,24?,25+,32-,33-,34-,37?/m1/s1. The van der Waals surface area contributed by atoms with Gasteiger partial charge in [-0.1, -0.05) is 4.98 Å². The van der Waals surface area contributed by atoms with Crippen LogP contribution in [0.15, 0.2) is 34.9 Å². The molecule has 6 aromatic heterocycles. The lowest BCUT2D eigenvalue weighted by molar-refractivity contribution is -0.752. The number of H-pyrrole nitrogens is 2. The maximum absolute atomic E-state index is 13.9. The van der Waals surface area contributed by atoms with Gasteiger partial charge >= 0.3 is 5.65 Å². The highest BCUT2D eigenvalue weighted by Crippen LogP contribution is 2.63. The van der Waals surface area contributed by atoms with Crippen molar-refractivity contribution in [3.05, 3.63) is 46.0 Å². The van der Waals surface area contributed by atoms with Crippen LogP contribution >= 0.6 is 31.3 Å². The van der Waals surface area contributed by atoms with Gasteiger partial charge in [0.2, 0.25) is 17.7 Å². The molecule has 440 valence electrons. The first-order valence-corrected chi connectivity index (χ1v) is 29.1. The van der Waals surface area contributed by atoms with E-state index in [4.69, 9.17) is 48.7 Å². The maximum Gasteiger partial charge on any atom is 0.313 e. The van der Waals surface area contributed by atoms with Crippen LogP contribution in [0, 0.1) is 0 Å². The summed E-state index contributed by atoms with van der Waals surface area (Å²) >= 11 is 0. The number of phosphoric acid groups is 4. The number of nitrogen functional groups attached to an aromatic ring is 2. The smallest absolute Gasteiger partial charge is 0.313 e. The first-order valence-electron chi connectivity index (χ1n) is 23.3. The molecule has 0 aromatic carbocycles. The fraction of sp³-hybridized carbons (Fsp3) is 0.595. The summed E-state index contributed by atoms with van der Waals surface area (Å²) in [6.07, 6.45) is -14.0. The predicted octanol–water partition coefficient (Wildman–Crippen LogP) is -4.96. The van der Waals surface area contributed by atoms with Gasteiger partial charge in [-0.2, -0.15) is 4.98 Å². The van der Waals surface area contributed by atoms with Gasteiger partial charge in [0, 0.05) is 14.2 Å². The van der Waals surface area contributed by atoms with E-state index in [-0.39, 0.29) is 51.2 Å². The lowest BCUT2D eigenvalue weighted by Gasteiger charge is -2.35. The predicted molar refractivity (Wildman–Crippen MR) is 254 cm³/mol. The zero-order valence-electron chi connectivity index (χ0n) is 42.2. The second-order valence-corrected chi connectivity index (χ2v) is 24.3. The van der Waals surface area contributed by atoms with Crippen molar-refractivity contribution >= 4 is 82.5 Å². The van der Waals surface area contributed by atoms with Crippen molar-refractivity contribution in [1.82, 2.24) is 53.6 Å². The Morgan fingerprint density at radius 1 is 0.787 bits per heavy atom. The largest absolute Gasteiger partial charge is 0.756 e. The van der Waals surface area contributed by atoms with E-state index in [1.807, 2.05) is 0 Å². The van der Waals surface area contributed by atoms with Crippen LogP contribution in [0.2, 0.25) is 0 Å². The molecule has 10 N–H and O–H groups in total. The van der Waals surface area contributed by atoms with E-state index in [9.17, 15) is 62.7 Å². The molecule has 6 aromatic rings. The van der Waals surface area contributed by atoms with Crippen molar-refractivity contribution in [1.29, 1.82) is 0 Å². The third kappa shape index (κ3) is 11.9. The maximum atomic E-state index is 13.9. The normalized spacial score (nSPS) is 30.3. The molecular formula is C37H50N15O24P4-3. The molecule has 16 atom stereocenters. The number of imidazole rings is 3. The number of aliphatic hydroxyl groups is 3. The van der Waals surface area contributed by atoms with E-state index in [1.165, 1.54) is 40.5 Å². The number of ether oxygens (including phenoxy) is 5. The molecule has 9 heterocycles. The minimum atomic E-state index is -6.60. The number of hydrogen-bond donors (Lipinski definition) is 8. The Labute approximate surface area is 447 Å².